The lowest BCUT2D eigenvalue weighted by Crippen LogP contribution is -2.23. The lowest BCUT2D eigenvalue weighted by Gasteiger charge is -2.18. The minimum atomic E-state index is -0.703. The molecule has 10 nitrogen and oxygen atoms in total. The fraction of sp³-hybridized carbons (Fsp3) is 0.915. The van der Waals surface area contributed by atoms with Crippen molar-refractivity contribution in [2.24, 2.45) is 5.92 Å². The van der Waals surface area contributed by atoms with Crippen LogP contribution in [0.2, 0.25) is 0 Å². The number of carbonyl (C=O) groups excluding carboxylic acids is 2. The highest BCUT2D eigenvalue weighted by Crippen LogP contribution is 2.25. The zero-order valence-electron chi connectivity index (χ0n) is 37.2. The number of rotatable bonds is 44. The molecule has 336 valence electrons. The van der Waals surface area contributed by atoms with Crippen LogP contribution in [0.1, 0.15) is 232 Å². The molecule has 0 aromatic rings. The van der Waals surface area contributed by atoms with E-state index < -0.39 is 18.1 Å². The van der Waals surface area contributed by atoms with Gasteiger partial charge in [-0.3, -0.25) is 14.4 Å². The highest BCUT2D eigenvalue weighted by molar-refractivity contribution is 5.69. The number of carbonyl (C=O) groups is 4. The summed E-state index contributed by atoms with van der Waals surface area (Å²) in [6.07, 6.45) is 35.3. The Morgan fingerprint density at radius 2 is 0.860 bits per heavy atom. The molecule has 2 N–H and O–H groups in total. The van der Waals surface area contributed by atoms with E-state index in [-0.39, 0.29) is 31.5 Å². The first-order valence-corrected chi connectivity index (χ1v) is 23.7. The van der Waals surface area contributed by atoms with Crippen molar-refractivity contribution in [3.05, 3.63) is 0 Å². The van der Waals surface area contributed by atoms with E-state index in [0.717, 1.165) is 95.9 Å². The lowest BCUT2D eigenvalue weighted by atomic mass is 9.89. The van der Waals surface area contributed by atoms with Gasteiger partial charge in [-0.05, 0) is 58.5 Å². The molecule has 0 saturated carbocycles. The van der Waals surface area contributed by atoms with Gasteiger partial charge in [0.05, 0.1) is 13.2 Å². The number of esters is 1. The van der Waals surface area contributed by atoms with Gasteiger partial charge in [0.1, 0.15) is 6.10 Å². The van der Waals surface area contributed by atoms with Crippen LogP contribution in [0.3, 0.4) is 0 Å². The maximum atomic E-state index is 12.6. The Kier molecular flexibility index (Phi) is 40.1. The maximum Gasteiger partial charge on any atom is 0.508 e. The fourth-order valence-electron chi connectivity index (χ4n) is 7.53. The fourth-order valence-corrected chi connectivity index (χ4v) is 7.53. The summed E-state index contributed by atoms with van der Waals surface area (Å²) in [5.41, 5.74) is 0. The van der Waals surface area contributed by atoms with Crippen molar-refractivity contribution in [3.8, 4) is 0 Å². The number of ether oxygens (including phenoxy) is 3. The van der Waals surface area contributed by atoms with Crippen LogP contribution < -0.4 is 0 Å². The molecule has 0 radical (unpaired) electrons. The number of unbranched alkanes of at least 4 members (excludes halogenated alkanes) is 22. The van der Waals surface area contributed by atoms with Crippen molar-refractivity contribution < 1.29 is 43.6 Å². The summed E-state index contributed by atoms with van der Waals surface area (Å²) in [5.74, 6) is -0.862. The van der Waals surface area contributed by atoms with Crippen molar-refractivity contribution >= 4 is 24.1 Å². The Morgan fingerprint density at radius 3 is 1.30 bits per heavy atom. The molecule has 0 amide bonds. The molecular formula is C47H89NO9. The van der Waals surface area contributed by atoms with Gasteiger partial charge < -0.3 is 29.3 Å². The minimum absolute atomic E-state index is 0.178. The Morgan fingerprint density at radius 1 is 0.456 bits per heavy atom. The van der Waals surface area contributed by atoms with Crippen LogP contribution >= 0.6 is 0 Å². The third kappa shape index (κ3) is 43.1. The number of hydrogen-bond acceptors (Lipinski definition) is 8. The van der Waals surface area contributed by atoms with E-state index in [2.05, 4.69) is 11.8 Å². The van der Waals surface area contributed by atoms with Crippen LogP contribution in [0.25, 0.3) is 0 Å². The first kappa shape index (κ1) is 54.6. The first-order chi connectivity index (χ1) is 27.6. The van der Waals surface area contributed by atoms with Crippen molar-refractivity contribution in [1.82, 2.24) is 4.90 Å². The predicted octanol–water partition coefficient (Wildman–Crippen LogP) is 13.1. The molecular weight excluding hydrogens is 723 g/mol. The van der Waals surface area contributed by atoms with Crippen molar-refractivity contribution in [2.45, 2.75) is 238 Å². The highest BCUT2D eigenvalue weighted by atomic mass is 16.7. The SMILES string of the molecule is CCCCCCCCCCCCC(CCOC(=O)CCCCCCC(CCCCCCCCC(=O)O)CCCCCCCCC(=O)O)OC(=O)OCCCN(C)C. The van der Waals surface area contributed by atoms with Gasteiger partial charge in [-0.15, -0.1) is 0 Å². The summed E-state index contributed by atoms with van der Waals surface area (Å²) in [5, 5.41) is 17.7. The summed E-state index contributed by atoms with van der Waals surface area (Å²) >= 11 is 0. The average molecular weight is 812 g/mol. The summed E-state index contributed by atoms with van der Waals surface area (Å²) < 4.78 is 16.6. The van der Waals surface area contributed by atoms with E-state index in [9.17, 15) is 19.2 Å². The molecule has 0 heterocycles. The van der Waals surface area contributed by atoms with Crippen LogP contribution in [0.4, 0.5) is 4.79 Å². The van der Waals surface area contributed by atoms with E-state index in [4.69, 9.17) is 24.4 Å². The van der Waals surface area contributed by atoms with Crippen molar-refractivity contribution in [3.63, 3.8) is 0 Å². The summed E-state index contributed by atoms with van der Waals surface area (Å²) in [4.78, 5) is 48.5. The third-order valence-corrected chi connectivity index (χ3v) is 11.1. The molecule has 0 aromatic carbocycles. The normalized spacial score (nSPS) is 11.9. The molecule has 1 unspecified atom stereocenters. The molecule has 0 spiro atoms. The minimum Gasteiger partial charge on any atom is -0.481 e. The summed E-state index contributed by atoms with van der Waals surface area (Å²) in [6, 6.07) is 0. The Balaban J connectivity index is 4.47. The molecule has 0 fully saturated rings. The van der Waals surface area contributed by atoms with E-state index in [1.807, 2.05) is 14.1 Å². The van der Waals surface area contributed by atoms with Crippen LogP contribution in [0, 0.1) is 5.92 Å². The Bertz CT molecular complexity index is 914. The van der Waals surface area contributed by atoms with Gasteiger partial charge in [-0.2, -0.15) is 0 Å². The smallest absolute Gasteiger partial charge is 0.481 e. The number of carboxylic acids is 2. The molecule has 0 aromatic heterocycles. The summed E-state index contributed by atoms with van der Waals surface area (Å²) in [7, 11) is 3.98. The quantitative estimate of drug-likeness (QED) is 0.0451. The van der Waals surface area contributed by atoms with Gasteiger partial charge in [0.25, 0.3) is 0 Å². The van der Waals surface area contributed by atoms with Crippen LogP contribution in [0.5, 0.6) is 0 Å². The zero-order chi connectivity index (χ0) is 42.0. The number of carboxylic acid groups (broad SMARTS) is 2. The molecule has 10 heteroatoms. The van der Waals surface area contributed by atoms with Gasteiger partial charge in [0.2, 0.25) is 0 Å². The standard InChI is InChI=1S/C47H89NO9/c1-4-5-6-7-8-9-10-11-18-26-34-43(57-47(54)56-40-30-39-48(2)3)38-41-55-46(53)37-29-22-21-25-33-42(31-23-16-12-14-19-27-35-44(49)50)32-24-17-13-15-20-28-36-45(51)52/h42-43H,4-41H2,1-3H3,(H,49,50)(H,51,52). The van der Waals surface area contributed by atoms with Crippen LogP contribution in [-0.2, 0) is 28.6 Å². The second kappa shape index (κ2) is 41.8. The topological polar surface area (TPSA) is 140 Å². The third-order valence-electron chi connectivity index (χ3n) is 11.1. The molecule has 0 bridgehead atoms. The van der Waals surface area contributed by atoms with E-state index >= 15 is 0 Å². The molecule has 0 rings (SSSR count). The van der Waals surface area contributed by atoms with Gasteiger partial charge >= 0.3 is 24.1 Å². The maximum absolute atomic E-state index is 12.6. The van der Waals surface area contributed by atoms with Gasteiger partial charge in [0, 0.05) is 32.2 Å². The van der Waals surface area contributed by atoms with Gasteiger partial charge in [0.15, 0.2) is 0 Å². The van der Waals surface area contributed by atoms with E-state index in [1.54, 1.807) is 0 Å². The number of aliphatic carboxylic acids is 2. The Hall–Kier alpha value is -2.36. The molecule has 0 saturated heterocycles. The highest BCUT2D eigenvalue weighted by Gasteiger charge is 2.17. The average Bonchev–Trinajstić information content (AvgIpc) is 3.16. The number of nitrogens with zero attached hydrogens (tertiary/aromatic N) is 1. The monoisotopic (exact) mass is 812 g/mol. The van der Waals surface area contributed by atoms with Crippen LogP contribution in [0.15, 0.2) is 0 Å². The Labute approximate surface area is 349 Å². The largest absolute Gasteiger partial charge is 0.508 e. The van der Waals surface area contributed by atoms with Crippen molar-refractivity contribution in [1.29, 1.82) is 0 Å². The second-order valence-corrected chi connectivity index (χ2v) is 16.9. The molecule has 57 heavy (non-hydrogen) atoms. The molecule has 0 aliphatic carbocycles. The lowest BCUT2D eigenvalue weighted by molar-refractivity contribution is -0.144. The summed E-state index contributed by atoms with van der Waals surface area (Å²) in [6.45, 7) is 3.67. The zero-order valence-corrected chi connectivity index (χ0v) is 37.2. The molecule has 0 aliphatic heterocycles. The van der Waals surface area contributed by atoms with E-state index in [1.165, 1.54) is 116 Å². The van der Waals surface area contributed by atoms with Crippen molar-refractivity contribution in [2.75, 3.05) is 33.9 Å². The first-order valence-electron chi connectivity index (χ1n) is 23.7. The molecule has 1 atom stereocenters. The van der Waals surface area contributed by atoms with E-state index in [0.29, 0.717) is 19.4 Å². The van der Waals surface area contributed by atoms with Gasteiger partial charge in [-0.25, -0.2) is 4.79 Å². The second-order valence-electron chi connectivity index (χ2n) is 16.9. The van der Waals surface area contributed by atoms with Gasteiger partial charge in [-0.1, -0.05) is 167 Å². The number of hydrogen-bond donors (Lipinski definition) is 2. The predicted molar refractivity (Wildman–Crippen MR) is 232 cm³/mol. The van der Waals surface area contributed by atoms with Crippen LogP contribution in [-0.4, -0.2) is 79.1 Å². The molecule has 0 aliphatic rings.